The molecule has 1 aromatic rings. The molecule has 1 aromatic carbocycles. The molecule has 0 aliphatic heterocycles. The molecule has 0 bridgehead atoms. The van der Waals surface area contributed by atoms with Gasteiger partial charge in [0.05, 0.1) is 0 Å². The standard InChI is InChI=1S/C13H18BrN/c1-13(2)11(8-12(13)15-3)9-5-4-6-10(14)7-9/h4-7,11-12,15H,8H2,1-3H3. The van der Waals surface area contributed by atoms with Crippen LogP contribution in [-0.4, -0.2) is 13.1 Å². The van der Waals surface area contributed by atoms with Gasteiger partial charge in [0.25, 0.3) is 0 Å². The van der Waals surface area contributed by atoms with E-state index in [4.69, 9.17) is 0 Å². The second-order valence-electron chi connectivity index (χ2n) is 5.01. The number of hydrogen-bond donors (Lipinski definition) is 1. The van der Waals surface area contributed by atoms with E-state index in [0.29, 0.717) is 17.4 Å². The minimum absolute atomic E-state index is 0.371. The summed E-state index contributed by atoms with van der Waals surface area (Å²) < 4.78 is 1.18. The van der Waals surface area contributed by atoms with Crippen molar-refractivity contribution in [1.29, 1.82) is 0 Å². The molecule has 2 rings (SSSR count). The summed E-state index contributed by atoms with van der Waals surface area (Å²) in [6.07, 6.45) is 1.25. The van der Waals surface area contributed by atoms with Gasteiger partial charge in [0.15, 0.2) is 0 Å². The van der Waals surface area contributed by atoms with Crippen LogP contribution in [-0.2, 0) is 0 Å². The maximum absolute atomic E-state index is 3.54. The summed E-state index contributed by atoms with van der Waals surface area (Å²) in [4.78, 5) is 0. The Morgan fingerprint density at radius 1 is 1.40 bits per heavy atom. The number of benzene rings is 1. The molecule has 0 spiro atoms. The SMILES string of the molecule is CNC1CC(c2cccc(Br)c2)C1(C)C. The zero-order valence-electron chi connectivity index (χ0n) is 9.55. The third-order valence-electron chi connectivity index (χ3n) is 3.87. The van der Waals surface area contributed by atoms with Crippen LogP contribution in [0.4, 0.5) is 0 Å². The molecule has 82 valence electrons. The summed E-state index contributed by atoms with van der Waals surface area (Å²) in [7, 11) is 2.06. The summed E-state index contributed by atoms with van der Waals surface area (Å²) in [6.45, 7) is 4.70. The fourth-order valence-electron chi connectivity index (χ4n) is 2.70. The molecule has 1 fully saturated rings. The van der Waals surface area contributed by atoms with Gasteiger partial charge in [-0.25, -0.2) is 0 Å². The lowest BCUT2D eigenvalue weighted by molar-refractivity contribution is 0.0751. The first-order chi connectivity index (χ1) is 7.05. The zero-order chi connectivity index (χ0) is 11.1. The Morgan fingerprint density at radius 3 is 2.67 bits per heavy atom. The first-order valence-corrected chi connectivity index (χ1v) is 6.27. The van der Waals surface area contributed by atoms with Crippen LogP contribution in [0.5, 0.6) is 0 Å². The highest BCUT2D eigenvalue weighted by Crippen LogP contribution is 2.52. The number of rotatable bonds is 2. The van der Waals surface area contributed by atoms with Crippen molar-refractivity contribution in [2.45, 2.75) is 32.2 Å². The van der Waals surface area contributed by atoms with Crippen LogP contribution < -0.4 is 5.32 Å². The highest BCUT2D eigenvalue weighted by atomic mass is 79.9. The summed E-state index contributed by atoms with van der Waals surface area (Å²) in [5, 5.41) is 3.39. The molecule has 0 saturated heterocycles. The van der Waals surface area contributed by atoms with Gasteiger partial charge < -0.3 is 5.32 Å². The molecule has 2 atom stereocenters. The zero-order valence-corrected chi connectivity index (χ0v) is 11.1. The van der Waals surface area contributed by atoms with Gasteiger partial charge in [-0.2, -0.15) is 0 Å². The second kappa shape index (κ2) is 3.91. The van der Waals surface area contributed by atoms with E-state index in [1.807, 2.05) is 0 Å². The van der Waals surface area contributed by atoms with Gasteiger partial charge in [0.2, 0.25) is 0 Å². The number of halogens is 1. The van der Waals surface area contributed by atoms with E-state index < -0.39 is 0 Å². The molecule has 2 unspecified atom stereocenters. The van der Waals surface area contributed by atoms with Crippen LogP contribution in [0.25, 0.3) is 0 Å². The van der Waals surface area contributed by atoms with Gasteiger partial charge in [-0.15, -0.1) is 0 Å². The Bertz CT molecular complexity index is 359. The summed E-state index contributed by atoms with van der Waals surface area (Å²) in [5.41, 5.74) is 1.83. The average Bonchev–Trinajstić information content (AvgIpc) is 2.17. The van der Waals surface area contributed by atoms with Gasteiger partial charge in [-0.3, -0.25) is 0 Å². The molecule has 1 aliphatic carbocycles. The first kappa shape index (κ1) is 11.2. The molecule has 0 radical (unpaired) electrons. The highest BCUT2D eigenvalue weighted by molar-refractivity contribution is 9.10. The van der Waals surface area contributed by atoms with Crippen LogP contribution in [0.2, 0.25) is 0 Å². The van der Waals surface area contributed by atoms with E-state index in [-0.39, 0.29) is 0 Å². The molecule has 0 amide bonds. The van der Waals surface area contributed by atoms with Gasteiger partial charge in [0, 0.05) is 10.5 Å². The largest absolute Gasteiger partial charge is 0.316 e. The normalized spacial score (nSPS) is 28.5. The van der Waals surface area contributed by atoms with E-state index in [0.717, 1.165) is 0 Å². The third-order valence-corrected chi connectivity index (χ3v) is 4.36. The first-order valence-electron chi connectivity index (χ1n) is 5.48. The second-order valence-corrected chi connectivity index (χ2v) is 5.92. The monoisotopic (exact) mass is 267 g/mol. The third kappa shape index (κ3) is 1.85. The molecular weight excluding hydrogens is 250 g/mol. The van der Waals surface area contributed by atoms with Crippen molar-refractivity contribution in [2.75, 3.05) is 7.05 Å². The maximum Gasteiger partial charge on any atom is 0.0178 e. The van der Waals surface area contributed by atoms with Crippen molar-refractivity contribution in [3.63, 3.8) is 0 Å². The van der Waals surface area contributed by atoms with Crippen LogP contribution in [0.15, 0.2) is 28.7 Å². The predicted molar refractivity (Wildman–Crippen MR) is 68.1 cm³/mol. The molecule has 0 heterocycles. The van der Waals surface area contributed by atoms with Crippen LogP contribution in [0.1, 0.15) is 31.7 Å². The van der Waals surface area contributed by atoms with Gasteiger partial charge in [-0.05, 0) is 42.5 Å². The Balaban J connectivity index is 2.21. The van der Waals surface area contributed by atoms with Crippen molar-refractivity contribution in [1.82, 2.24) is 5.32 Å². The number of hydrogen-bond acceptors (Lipinski definition) is 1. The smallest absolute Gasteiger partial charge is 0.0178 e. The van der Waals surface area contributed by atoms with Gasteiger partial charge in [-0.1, -0.05) is 41.9 Å². The van der Waals surface area contributed by atoms with Gasteiger partial charge >= 0.3 is 0 Å². The average molecular weight is 268 g/mol. The van der Waals surface area contributed by atoms with Gasteiger partial charge in [0.1, 0.15) is 0 Å². The topological polar surface area (TPSA) is 12.0 Å². The fourth-order valence-corrected chi connectivity index (χ4v) is 3.12. The minimum atomic E-state index is 0.371. The Kier molecular flexibility index (Phi) is 2.91. The molecular formula is C13H18BrN. The maximum atomic E-state index is 3.54. The summed E-state index contributed by atoms with van der Waals surface area (Å²) in [6, 6.07) is 9.36. The predicted octanol–water partition coefficient (Wildman–Crippen LogP) is 3.55. The quantitative estimate of drug-likeness (QED) is 0.865. The van der Waals surface area contributed by atoms with Crippen LogP contribution in [0, 0.1) is 5.41 Å². The lowest BCUT2D eigenvalue weighted by Crippen LogP contribution is -2.54. The van der Waals surface area contributed by atoms with Crippen molar-refractivity contribution < 1.29 is 0 Å². The van der Waals surface area contributed by atoms with E-state index in [1.165, 1.54) is 16.5 Å². The molecule has 1 saturated carbocycles. The number of nitrogens with one attached hydrogen (secondary N) is 1. The molecule has 15 heavy (non-hydrogen) atoms. The van der Waals surface area contributed by atoms with Crippen molar-refractivity contribution in [3.8, 4) is 0 Å². The van der Waals surface area contributed by atoms with Crippen LogP contribution >= 0.6 is 15.9 Å². The highest BCUT2D eigenvalue weighted by Gasteiger charge is 2.47. The Morgan fingerprint density at radius 2 is 2.13 bits per heavy atom. The lowest BCUT2D eigenvalue weighted by atomic mass is 9.56. The molecule has 2 heteroatoms. The Hall–Kier alpha value is -0.340. The summed E-state index contributed by atoms with van der Waals surface area (Å²) >= 11 is 3.54. The molecule has 1 N–H and O–H groups in total. The molecule has 1 aliphatic rings. The van der Waals surface area contributed by atoms with Crippen molar-refractivity contribution in [3.05, 3.63) is 34.3 Å². The Labute approximate surface area is 100 Å². The van der Waals surface area contributed by atoms with E-state index in [2.05, 4.69) is 66.4 Å². The van der Waals surface area contributed by atoms with E-state index in [1.54, 1.807) is 0 Å². The van der Waals surface area contributed by atoms with Crippen molar-refractivity contribution >= 4 is 15.9 Å². The van der Waals surface area contributed by atoms with Crippen molar-refractivity contribution in [2.24, 2.45) is 5.41 Å². The molecule has 1 nitrogen and oxygen atoms in total. The fraction of sp³-hybridized carbons (Fsp3) is 0.538. The lowest BCUT2D eigenvalue weighted by Gasteiger charge is -2.52. The van der Waals surface area contributed by atoms with E-state index in [9.17, 15) is 0 Å². The van der Waals surface area contributed by atoms with Crippen LogP contribution in [0.3, 0.4) is 0 Å². The molecule has 0 aromatic heterocycles. The summed E-state index contributed by atoms with van der Waals surface area (Å²) in [5.74, 6) is 0.687. The van der Waals surface area contributed by atoms with E-state index >= 15 is 0 Å². The minimum Gasteiger partial charge on any atom is -0.316 e.